The van der Waals surface area contributed by atoms with Gasteiger partial charge in [0.2, 0.25) is 6.54 Å². The van der Waals surface area contributed by atoms with E-state index in [1.165, 1.54) is 4.90 Å². The fraction of sp³-hybridized carbons (Fsp3) is 0.304. The number of benzene rings is 2. The van der Waals surface area contributed by atoms with E-state index in [1.54, 1.807) is 26.0 Å². The average Bonchev–Trinajstić information content (AvgIpc) is 2.73. The van der Waals surface area contributed by atoms with Gasteiger partial charge >= 0.3 is 12.1 Å². The first kappa shape index (κ1) is 22.0. The van der Waals surface area contributed by atoms with Crippen LogP contribution in [-0.4, -0.2) is 30.1 Å². The van der Waals surface area contributed by atoms with Gasteiger partial charge in [0.15, 0.2) is 0 Å². The number of fused-ring (bicyclic) bond motifs is 1. The molecule has 0 spiro atoms. The lowest BCUT2D eigenvalue weighted by Crippen LogP contribution is -2.38. The minimum atomic E-state index is -0.831. The van der Waals surface area contributed by atoms with Gasteiger partial charge in [0.1, 0.15) is 6.61 Å². The maximum absolute atomic E-state index is 13.1. The number of carbonyl (C=O) groups is 2. The number of rotatable bonds is 6. The van der Waals surface area contributed by atoms with Gasteiger partial charge in [-0.3, -0.25) is 10.1 Å². The van der Waals surface area contributed by atoms with E-state index in [0.717, 1.165) is 11.1 Å². The topological polar surface area (TPSA) is 99.0 Å². The van der Waals surface area contributed by atoms with E-state index in [2.05, 4.69) is 0 Å². The van der Waals surface area contributed by atoms with Crippen molar-refractivity contribution in [2.45, 2.75) is 33.3 Å². The Labute approximate surface area is 180 Å². The molecule has 0 saturated carbocycles. The zero-order valence-corrected chi connectivity index (χ0v) is 17.7. The first-order valence-electron chi connectivity index (χ1n) is 9.94. The number of nitro groups is 1. The summed E-state index contributed by atoms with van der Waals surface area (Å²) in [6.07, 6.45) is -0.673. The molecule has 2 aromatic rings. The van der Waals surface area contributed by atoms with E-state index < -0.39 is 29.4 Å². The Hall–Kier alpha value is -3.68. The Morgan fingerprint density at radius 3 is 2.45 bits per heavy atom. The van der Waals surface area contributed by atoms with Crippen molar-refractivity contribution in [1.82, 2.24) is 0 Å². The molecule has 0 unspecified atom stereocenters. The molecular weight excluding hydrogens is 400 g/mol. The molecule has 1 atom stereocenters. The first-order chi connectivity index (χ1) is 14.8. The summed E-state index contributed by atoms with van der Waals surface area (Å²) in [6, 6.07) is 14.5. The molecule has 0 radical (unpaired) electrons. The summed E-state index contributed by atoms with van der Waals surface area (Å²) in [4.78, 5) is 38.1. The molecular formula is C23H24N2O6. The minimum Gasteiger partial charge on any atom is -0.463 e. The standard InChI is InChI=1S/C23H24N2O6/c1-4-30-22(26)21-16(3)25(23(27)31-14-17-8-6-5-7-9-17)20-11-10-15(2)12-18(20)19(21)13-24(28)29/h5-12,19H,4,13-14H2,1-3H3/t19-/m1/s1. The lowest BCUT2D eigenvalue weighted by molar-refractivity contribution is -0.481. The second-order valence-corrected chi connectivity index (χ2v) is 7.23. The van der Waals surface area contributed by atoms with Crippen LogP contribution in [0.3, 0.4) is 0 Å². The molecule has 0 fully saturated rings. The van der Waals surface area contributed by atoms with Gasteiger partial charge in [-0.2, -0.15) is 0 Å². The minimum absolute atomic E-state index is 0.0533. The van der Waals surface area contributed by atoms with Gasteiger partial charge in [0, 0.05) is 10.6 Å². The van der Waals surface area contributed by atoms with Gasteiger partial charge in [-0.05, 0) is 38.0 Å². The zero-order valence-electron chi connectivity index (χ0n) is 17.7. The van der Waals surface area contributed by atoms with Crippen molar-refractivity contribution in [2.24, 2.45) is 0 Å². The van der Waals surface area contributed by atoms with Crippen LogP contribution in [0, 0.1) is 17.0 Å². The molecule has 8 heteroatoms. The van der Waals surface area contributed by atoms with Crippen LogP contribution in [0.5, 0.6) is 0 Å². The summed E-state index contributed by atoms with van der Waals surface area (Å²) >= 11 is 0. The molecule has 162 valence electrons. The fourth-order valence-corrected chi connectivity index (χ4v) is 3.72. The van der Waals surface area contributed by atoms with Crippen LogP contribution >= 0.6 is 0 Å². The summed E-state index contributed by atoms with van der Waals surface area (Å²) in [6.45, 7) is 4.75. The van der Waals surface area contributed by atoms with Crippen molar-refractivity contribution < 1.29 is 24.0 Å². The highest BCUT2D eigenvalue weighted by Gasteiger charge is 2.40. The Morgan fingerprint density at radius 2 is 1.81 bits per heavy atom. The van der Waals surface area contributed by atoms with Crippen molar-refractivity contribution in [2.75, 3.05) is 18.1 Å². The summed E-state index contributed by atoms with van der Waals surface area (Å²) in [5, 5.41) is 11.4. The van der Waals surface area contributed by atoms with Crippen LogP contribution in [0.1, 0.15) is 36.5 Å². The van der Waals surface area contributed by atoms with Crippen LogP contribution in [0.15, 0.2) is 59.8 Å². The number of anilines is 1. The summed E-state index contributed by atoms with van der Waals surface area (Å²) < 4.78 is 10.7. The highest BCUT2D eigenvalue weighted by Crippen LogP contribution is 2.42. The number of aryl methyl sites for hydroxylation is 1. The van der Waals surface area contributed by atoms with Crippen molar-refractivity contribution >= 4 is 17.7 Å². The van der Waals surface area contributed by atoms with E-state index in [0.29, 0.717) is 11.3 Å². The van der Waals surface area contributed by atoms with Crippen LogP contribution in [0.4, 0.5) is 10.5 Å². The van der Waals surface area contributed by atoms with E-state index in [4.69, 9.17) is 9.47 Å². The Morgan fingerprint density at radius 1 is 1.10 bits per heavy atom. The first-order valence-corrected chi connectivity index (χ1v) is 9.94. The Bertz CT molecular complexity index is 1030. The van der Waals surface area contributed by atoms with E-state index in [9.17, 15) is 19.7 Å². The number of carbonyl (C=O) groups excluding carboxylic acids is 2. The lowest BCUT2D eigenvalue weighted by Gasteiger charge is -2.34. The monoisotopic (exact) mass is 424 g/mol. The number of esters is 1. The van der Waals surface area contributed by atoms with E-state index in [1.807, 2.05) is 43.3 Å². The van der Waals surface area contributed by atoms with Gasteiger partial charge < -0.3 is 9.47 Å². The van der Waals surface area contributed by atoms with Crippen molar-refractivity contribution in [1.29, 1.82) is 0 Å². The number of allylic oxidation sites excluding steroid dienone is 1. The predicted molar refractivity (Wildman–Crippen MR) is 114 cm³/mol. The highest BCUT2D eigenvalue weighted by atomic mass is 16.6. The largest absolute Gasteiger partial charge is 0.463 e. The molecule has 2 aromatic carbocycles. The molecule has 1 amide bonds. The quantitative estimate of drug-likeness (QED) is 0.388. The van der Waals surface area contributed by atoms with Crippen LogP contribution in [0.25, 0.3) is 0 Å². The van der Waals surface area contributed by atoms with E-state index in [-0.39, 0.29) is 24.5 Å². The van der Waals surface area contributed by atoms with Crippen LogP contribution < -0.4 is 4.90 Å². The molecule has 0 aliphatic carbocycles. The third-order valence-electron chi connectivity index (χ3n) is 5.09. The second-order valence-electron chi connectivity index (χ2n) is 7.23. The van der Waals surface area contributed by atoms with Crippen molar-refractivity contribution in [3.8, 4) is 0 Å². The number of hydrogen-bond acceptors (Lipinski definition) is 6. The third kappa shape index (κ3) is 4.74. The summed E-state index contributed by atoms with van der Waals surface area (Å²) in [5.74, 6) is -1.51. The molecule has 31 heavy (non-hydrogen) atoms. The van der Waals surface area contributed by atoms with Gasteiger partial charge in [-0.1, -0.05) is 48.0 Å². The molecule has 0 bridgehead atoms. The molecule has 0 N–H and O–H groups in total. The normalized spacial score (nSPS) is 15.3. The molecule has 8 nitrogen and oxygen atoms in total. The second kappa shape index (κ2) is 9.42. The van der Waals surface area contributed by atoms with Crippen LogP contribution in [-0.2, 0) is 20.9 Å². The fourth-order valence-electron chi connectivity index (χ4n) is 3.72. The van der Waals surface area contributed by atoms with Crippen molar-refractivity contribution in [3.05, 3.63) is 86.6 Å². The predicted octanol–water partition coefficient (Wildman–Crippen LogP) is 4.35. The SMILES string of the molecule is CCOC(=O)C1=C(C)N(C(=O)OCc2ccccc2)c2ccc(C)cc2[C@H]1C[N+](=O)[O-]. The van der Waals surface area contributed by atoms with Gasteiger partial charge in [0.05, 0.1) is 23.8 Å². The highest BCUT2D eigenvalue weighted by molar-refractivity contribution is 6.00. The van der Waals surface area contributed by atoms with Crippen molar-refractivity contribution in [3.63, 3.8) is 0 Å². The van der Waals surface area contributed by atoms with Gasteiger partial charge in [-0.25, -0.2) is 14.5 Å². The number of ether oxygens (including phenoxy) is 2. The molecule has 1 heterocycles. The number of hydrogen-bond donors (Lipinski definition) is 0. The molecule has 0 saturated heterocycles. The smallest absolute Gasteiger partial charge is 0.419 e. The third-order valence-corrected chi connectivity index (χ3v) is 5.09. The Kier molecular flexibility index (Phi) is 6.69. The maximum Gasteiger partial charge on any atom is 0.419 e. The number of nitrogens with zero attached hydrogens (tertiary/aromatic N) is 2. The average molecular weight is 424 g/mol. The molecule has 3 rings (SSSR count). The maximum atomic E-state index is 13.1. The van der Waals surface area contributed by atoms with Gasteiger partial charge in [-0.15, -0.1) is 0 Å². The zero-order chi connectivity index (χ0) is 22.5. The number of amides is 1. The van der Waals surface area contributed by atoms with Crippen LogP contribution in [0.2, 0.25) is 0 Å². The van der Waals surface area contributed by atoms with Gasteiger partial charge in [0.25, 0.3) is 0 Å². The lowest BCUT2D eigenvalue weighted by atomic mass is 9.84. The molecule has 1 aliphatic rings. The molecule has 0 aromatic heterocycles. The van der Waals surface area contributed by atoms with E-state index >= 15 is 0 Å². The summed E-state index contributed by atoms with van der Waals surface area (Å²) in [5.41, 5.74) is 3.00. The molecule has 1 aliphatic heterocycles. The summed E-state index contributed by atoms with van der Waals surface area (Å²) in [7, 11) is 0. The Balaban J connectivity index is 2.06.